The number of rotatable bonds is 4. The Morgan fingerprint density at radius 1 is 1.36 bits per heavy atom. The smallest absolute Gasteiger partial charge is 0.251 e. The summed E-state index contributed by atoms with van der Waals surface area (Å²) in [5, 5.41) is 2.88. The minimum Gasteiger partial charge on any atom is -0.352 e. The molecule has 7 heteroatoms. The highest BCUT2D eigenvalue weighted by Crippen LogP contribution is 2.22. The van der Waals surface area contributed by atoms with Gasteiger partial charge < -0.3 is 11.1 Å². The van der Waals surface area contributed by atoms with Crippen LogP contribution in [0.5, 0.6) is 0 Å². The summed E-state index contributed by atoms with van der Waals surface area (Å²) in [6.07, 6.45) is 5.31. The average molecular weight is 347 g/mol. The van der Waals surface area contributed by atoms with Crippen LogP contribution in [-0.2, 0) is 9.84 Å². The Morgan fingerprint density at radius 3 is 2.73 bits per heavy atom. The predicted molar refractivity (Wildman–Crippen MR) is 89.1 cm³/mol. The highest BCUT2D eigenvalue weighted by atomic mass is 35.5. The van der Waals surface area contributed by atoms with Gasteiger partial charge in [0, 0.05) is 24.4 Å². The SMILES string of the molecule is CS(=O)(=O)c1cccc(C(=O)NCC2CCCC(N)C2)c1.Cl. The molecule has 2 unspecified atom stereocenters. The van der Waals surface area contributed by atoms with Crippen molar-refractivity contribution in [2.45, 2.75) is 36.6 Å². The van der Waals surface area contributed by atoms with Gasteiger partial charge in [0.15, 0.2) is 9.84 Å². The van der Waals surface area contributed by atoms with Crippen LogP contribution in [-0.4, -0.2) is 33.2 Å². The number of amides is 1. The molecule has 2 atom stereocenters. The molecule has 124 valence electrons. The number of sulfone groups is 1. The molecule has 22 heavy (non-hydrogen) atoms. The monoisotopic (exact) mass is 346 g/mol. The highest BCUT2D eigenvalue weighted by molar-refractivity contribution is 7.90. The van der Waals surface area contributed by atoms with Crippen LogP contribution in [0, 0.1) is 5.92 Å². The third-order valence-electron chi connectivity index (χ3n) is 3.90. The molecule has 1 aliphatic rings. The topological polar surface area (TPSA) is 89.3 Å². The molecule has 0 radical (unpaired) electrons. The van der Waals surface area contributed by atoms with Gasteiger partial charge in [-0.2, -0.15) is 0 Å². The van der Waals surface area contributed by atoms with E-state index < -0.39 is 9.84 Å². The molecule has 5 nitrogen and oxygen atoms in total. The van der Waals surface area contributed by atoms with Gasteiger partial charge in [0.2, 0.25) is 0 Å². The van der Waals surface area contributed by atoms with Crippen molar-refractivity contribution in [2.24, 2.45) is 11.7 Å². The van der Waals surface area contributed by atoms with Gasteiger partial charge in [-0.05, 0) is 43.4 Å². The van der Waals surface area contributed by atoms with Gasteiger partial charge >= 0.3 is 0 Å². The first-order valence-electron chi connectivity index (χ1n) is 7.20. The molecule has 1 aromatic carbocycles. The standard InChI is InChI=1S/C15H22N2O3S.ClH/c1-21(19,20)14-7-3-5-12(9-14)15(18)17-10-11-4-2-6-13(16)8-11;/h3,5,7,9,11,13H,2,4,6,8,10,16H2,1H3,(H,17,18);1H. The van der Waals surface area contributed by atoms with Crippen molar-refractivity contribution in [3.05, 3.63) is 29.8 Å². The largest absolute Gasteiger partial charge is 0.352 e. The lowest BCUT2D eigenvalue weighted by Gasteiger charge is -2.26. The summed E-state index contributed by atoms with van der Waals surface area (Å²) >= 11 is 0. The molecule has 0 saturated heterocycles. The lowest BCUT2D eigenvalue weighted by molar-refractivity contribution is 0.0942. The number of carbonyl (C=O) groups excluding carboxylic acids is 1. The first-order chi connectivity index (χ1) is 9.86. The molecule has 1 aromatic rings. The maximum Gasteiger partial charge on any atom is 0.251 e. The molecule has 1 aliphatic carbocycles. The van der Waals surface area contributed by atoms with E-state index in [4.69, 9.17) is 5.73 Å². The Morgan fingerprint density at radius 2 is 2.09 bits per heavy atom. The first-order valence-corrected chi connectivity index (χ1v) is 9.09. The van der Waals surface area contributed by atoms with Crippen molar-refractivity contribution in [3.8, 4) is 0 Å². The van der Waals surface area contributed by atoms with E-state index in [1.807, 2.05) is 0 Å². The summed E-state index contributed by atoms with van der Waals surface area (Å²) in [7, 11) is -3.30. The third-order valence-corrected chi connectivity index (χ3v) is 5.01. The van der Waals surface area contributed by atoms with E-state index in [2.05, 4.69) is 5.32 Å². The molecular weight excluding hydrogens is 324 g/mol. The van der Waals surface area contributed by atoms with Gasteiger partial charge in [-0.15, -0.1) is 12.4 Å². The van der Waals surface area contributed by atoms with Crippen LogP contribution in [0.2, 0.25) is 0 Å². The average Bonchev–Trinajstić information content (AvgIpc) is 2.44. The van der Waals surface area contributed by atoms with E-state index in [0.29, 0.717) is 18.0 Å². The van der Waals surface area contributed by atoms with Crippen LogP contribution in [0.1, 0.15) is 36.0 Å². The van der Waals surface area contributed by atoms with E-state index in [9.17, 15) is 13.2 Å². The van der Waals surface area contributed by atoms with Gasteiger partial charge in [-0.25, -0.2) is 8.42 Å². The van der Waals surface area contributed by atoms with Crippen LogP contribution < -0.4 is 11.1 Å². The second kappa shape index (κ2) is 7.94. The fourth-order valence-electron chi connectivity index (χ4n) is 2.73. The number of hydrogen-bond acceptors (Lipinski definition) is 4. The van der Waals surface area contributed by atoms with Crippen molar-refractivity contribution < 1.29 is 13.2 Å². The zero-order valence-electron chi connectivity index (χ0n) is 12.6. The molecule has 0 aromatic heterocycles. The lowest BCUT2D eigenvalue weighted by Crippen LogP contribution is -2.35. The van der Waals surface area contributed by atoms with Crippen molar-refractivity contribution in [3.63, 3.8) is 0 Å². The first kappa shape index (κ1) is 18.9. The Balaban J connectivity index is 0.00000242. The minimum absolute atomic E-state index is 0. The zero-order chi connectivity index (χ0) is 15.5. The number of benzene rings is 1. The fourth-order valence-corrected chi connectivity index (χ4v) is 3.39. The van der Waals surface area contributed by atoms with Gasteiger partial charge in [0.1, 0.15) is 0 Å². The van der Waals surface area contributed by atoms with Crippen molar-refractivity contribution >= 4 is 28.2 Å². The highest BCUT2D eigenvalue weighted by Gasteiger charge is 2.20. The van der Waals surface area contributed by atoms with Crippen LogP contribution >= 0.6 is 12.4 Å². The number of hydrogen-bond donors (Lipinski definition) is 2. The van der Waals surface area contributed by atoms with Crippen molar-refractivity contribution in [1.82, 2.24) is 5.32 Å². The van der Waals surface area contributed by atoms with Gasteiger partial charge in [-0.1, -0.05) is 12.5 Å². The third kappa shape index (κ3) is 5.26. The summed E-state index contributed by atoms with van der Waals surface area (Å²) < 4.78 is 23.0. The molecule has 3 N–H and O–H groups in total. The maximum atomic E-state index is 12.1. The number of carbonyl (C=O) groups is 1. The fraction of sp³-hybridized carbons (Fsp3) is 0.533. The van der Waals surface area contributed by atoms with Gasteiger partial charge in [0.05, 0.1) is 4.90 Å². The summed E-state index contributed by atoms with van der Waals surface area (Å²) in [6, 6.07) is 6.34. The Labute approximate surface area is 138 Å². The molecule has 0 aliphatic heterocycles. The molecule has 2 rings (SSSR count). The zero-order valence-corrected chi connectivity index (χ0v) is 14.3. The molecule has 0 spiro atoms. The summed E-state index contributed by atoms with van der Waals surface area (Å²) in [5.74, 6) is 0.176. The second-order valence-electron chi connectivity index (χ2n) is 5.80. The normalized spacial score (nSPS) is 21.7. The van der Waals surface area contributed by atoms with Gasteiger partial charge in [0.25, 0.3) is 5.91 Å². The van der Waals surface area contributed by atoms with Crippen molar-refractivity contribution in [2.75, 3.05) is 12.8 Å². The molecule has 1 fully saturated rings. The number of nitrogens with one attached hydrogen (secondary N) is 1. The van der Waals surface area contributed by atoms with E-state index in [1.54, 1.807) is 12.1 Å². The molecule has 0 heterocycles. The molecule has 0 bridgehead atoms. The van der Waals surface area contributed by atoms with Crippen LogP contribution in [0.15, 0.2) is 29.2 Å². The summed E-state index contributed by atoms with van der Waals surface area (Å²) in [4.78, 5) is 12.3. The minimum atomic E-state index is -3.30. The number of halogens is 1. The molecular formula is C15H23ClN2O3S. The predicted octanol–water partition coefficient (Wildman–Crippen LogP) is 1.76. The lowest BCUT2D eigenvalue weighted by atomic mass is 9.86. The molecule has 1 saturated carbocycles. The van der Waals surface area contributed by atoms with Crippen LogP contribution in [0.4, 0.5) is 0 Å². The van der Waals surface area contributed by atoms with Crippen molar-refractivity contribution in [1.29, 1.82) is 0 Å². The van der Waals surface area contributed by atoms with Gasteiger partial charge in [-0.3, -0.25) is 4.79 Å². The maximum absolute atomic E-state index is 12.1. The number of nitrogens with two attached hydrogens (primary N) is 1. The van der Waals surface area contributed by atoms with E-state index in [-0.39, 0.29) is 29.3 Å². The Kier molecular flexibility index (Phi) is 6.84. The summed E-state index contributed by atoms with van der Waals surface area (Å²) in [6.45, 7) is 0.593. The van der Waals surface area contributed by atoms with E-state index in [1.165, 1.54) is 12.1 Å². The Hall–Kier alpha value is -1.11. The second-order valence-corrected chi connectivity index (χ2v) is 7.82. The van der Waals surface area contributed by atoms with E-state index in [0.717, 1.165) is 31.9 Å². The van der Waals surface area contributed by atoms with E-state index >= 15 is 0 Å². The van der Waals surface area contributed by atoms with Crippen LogP contribution in [0.25, 0.3) is 0 Å². The summed E-state index contributed by atoms with van der Waals surface area (Å²) in [5.41, 5.74) is 6.30. The Bertz CT molecular complexity index is 619. The molecule has 1 amide bonds. The quantitative estimate of drug-likeness (QED) is 0.869. The van der Waals surface area contributed by atoms with Crippen LogP contribution in [0.3, 0.4) is 0 Å².